The fraction of sp³-hybridized carbons (Fsp3) is 0.643. The molecular weight excluding hydrogens is 360 g/mol. The van der Waals surface area contributed by atoms with Gasteiger partial charge in [-0.3, -0.25) is 4.99 Å². The van der Waals surface area contributed by atoms with Gasteiger partial charge in [0.2, 0.25) is 5.89 Å². The number of aliphatic hydroxyl groups is 1. The van der Waals surface area contributed by atoms with Gasteiger partial charge in [0.05, 0.1) is 18.7 Å². The average Bonchev–Trinajstić information content (AvgIpc) is 3.05. The van der Waals surface area contributed by atoms with Crippen LogP contribution in [0.25, 0.3) is 0 Å². The molecule has 13 nitrogen and oxygen atoms in total. The highest BCUT2D eigenvalue weighted by atomic mass is 16.5. The Bertz CT molecular complexity index is 643. The molecule has 0 radical (unpaired) electrons. The van der Waals surface area contributed by atoms with Crippen molar-refractivity contribution < 1.29 is 24.3 Å². The van der Waals surface area contributed by atoms with E-state index in [1.54, 1.807) is 0 Å². The second kappa shape index (κ2) is 10.9. The third-order valence-electron chi connectivity index (χ3n) is 3.47. The Hall–Kier alpha value is -2.93. The number of nitrogens with zero attached hydrogens (tertiary/aromatic N) is 3. The highest BCUT2D eigenvalue weighted by Gasteiger charge is 2.25. The number of hydrogen-bond donors (Lipinski definition) is 7. The molecule has 1 unspecified atom stereocenters. The monoisotopic (exact) mass is 386 g/mol. The van der Waals surface area contributed by atoms with Crippen LogP contribution in [-0.4, -0.2) is 57.0 Å². The molecule has 0 aromatic carbocycles. The molecule has 2 amide bonds. The quantitative estimate of drug-likeness (QED) is 0.127. The Morgan fingerprint density at radius 2 is 2.04 bits per heavy atom. The smallest absolute Gasteiger partial charge is 0.328 e. The van der Waals surface area contributed by atoms with E-state index in [0.29, 0.717) is 18.8 Å². The summed E-state index contributed by atoms with van der Waals surface area (Å²) in [4.78, 5) is 30.5. The van der Waals surface area contributed by atoms with E-state index >= 15 is 0 Å². The molecule has 27 heavy (non-hydrogen) atoms. The average molecular weight is 386 g/mol. The van der Waals surface area contributed by atoms with Crippen molar-refractivity contribution in [3.63, 3.8) is 0 Å². The van der Waals surface area contributed by atoms with E-state index in [1.807, 2.05) is 0 Å². The summed E-state index contributed by atoms with van der Waals surface area (Å²) in [6.07, 6.45) is 0.861. The maximum absolute atomic E-state index is 11.7. The first kappa shape index (κ1) is 22.1. The molecule has 0 aliphatic heterocycles. The largest absolute Gasteiger partial charge is 0.480 e. The number of aliphatic imine (C=N–C) groups is 1. The van der Waals surface area contributed by atoms with Crippen molar-refractivity contribution in [2.75, 3.05) is 6.54 Å². The van der Waals surface area contributed by atoms with Gasteiger partial charge < -0.3 is 42.6 Å². The van der Waals surface area contributed by atoms with Gasteiger partial charge in [0.25, 0.3) is 0 Å². The van der Waals surface area contributed by atoms with Gasteiger partial charge in [-0.05, 0) is 26.2 Å². The van der Waals surface area contributed by atoms with Crippen LogP contribution in [-0.2, 0) is 11.3 Å². The molecule has 13 heteroatoms. The van der Waals surface area contributed by atoms with Crippen LogP contribution < -0.4 is 27.8 Å². The molecule has 1 heterocycles. The number of hydrogen-bond acceptors (Lipinski definition) is 8. The van der Waals surface area contributed by atoms with Crippen molar-refractivity contribution in [3.05, 3.63) is 11.7 Å². The molecule has 0 aliphatic rings. The zero-order valence-electron chi connectivity index (χ0n) is 15.0. The Balaban J connectivity index is 2.40. The number of carboxylic acids is 1. The lowest BCUT2D eigenvalue weighted by molar-refractivity contribution is -0.141. The summed E-state index contributed by atoms with van der Waals surface area (Å²) in [5.41, 5.74) is 16.4. The number of amides is 2. The van der Waals surface area contributed by atoms with E-state index in [-0.39, 0.29) is 18.4 Å². The number of nitrogens with one attached hydrogen (secondary N) is 2. The summed E-state index contributed by atoms with van der Waals surface area (Å²) in [5.74, 6) is -0.908. The molecular formula is C14H26N8O5. The predicted molar refractivity (Wildman–Crippen MR) is 94.2 cm³/mol. The Kier molecular flexibility index (Phi) is 8.95. The number of carbonyl (C=O) groups excluding carboxylic acids is 1. The minimum Gasteiger partial charge on any atom is -0.480 e. The van der Waals surface area contributed by atoms with Gasteiger partial charge in [0.1, 0.15) is 0 Å². The Labute approximate surface area is 155 Å². The normalized spacial score (nSPS) is 14.0. The van der Waals surface area contributed by atoms with Gasteiger partial charge in [0.15, 0.2) is 17.8 Å². The number of carbonyl (C=O) groups is 2. The fourth-order valence-corrected chi connectivity index (χ4v) is 2.04. The van der Waals surface area contributed by atoms with E-state index in [9.17, 15) is 14.7 Å². The highest BCUT2D eigenvalue weighted by molar-refractivity contribution is 5.82. The lowest BCUT2D eigenvalue weighted by Gasteiger charge is -2.16. The van der Waals surface area contributed by atoms with Crippen LogP contribution in [0.3, 0.4) is 0 Å². The summed E-state index contributed by atoms with van der Waals surface area (Å²) in [5, 5.41) is 26.4. The number of guanidine groups is 1. The number of carboxylic acid groups (broad SMARTS) is 1. The molecule has 0 aliphatic carbocycles. The summed E-state index contributed by atoms with van der Waals surface area (Å²) < 4.78 is 4.99. The molecule has 0 spiro atoms. The van der Waals surface area contributed by atoms with Gasteiger partial charge in [-0.2, -0.15) is 4.98 Å². The van der Waals surface area contributed by atoms with Crippen molar-refractivity contribution >= 4 is 18.0 Å². The number of rotatable bonds is 11. The topological polar surface area (TPSA) is 228 Å². The lowest BCUT2D eigenvalue weighted by Crippen LogP contribution is -2.51. The summed E-state index contributed by atoms with van der Waals surface area (Å²) in [6.45, 7) is 1.64. The first-order valence-corrected chi connectivity index (χ1v) is 8.29. The summed E-state index contributed by atoms with van der Waals surface area (Å²) >= 11 is 0. The predicted octanol–water partition coefficient (Wildman–Crippen LogP) is -1.85. The van der Waals surface area contributed by atoms with Crippen LogP contribution in [0.5, 0.6) is 0 Å². The summed E-state index contributed by atoms with van der Waals surface area (Å²) in [7, 11) is 0. The van der Waals surface area contributed by atoms with Crippen molar-refractivity contribution in [2.45, 2.75) is 50.9 Å². The van der Waals surface area contributed by atoms with E-state index in [2.05, 4.69) is 25.8 Å². The minimum atomic E-state index is -1.43. The molecule has 1 rings (SSSR count). The zero-order valence-corrected chi connectivity index (χ0v) is 15.0. The van der Waals surface area contributed by atoms with Gasteiger partial charge in [-0.25, -0.2) is 9.59 Å². The second-order valence-electron chi connectivity index (χ2n) is 5.84. The third-order valence-corrected chi connectivity index (χ3v) is 3.47. The third kappa shape index (κ3) is 8.33. The molecule has 0 fully saturated rings. The Morgan fingerprint density at radius 1 is 1.33 bits per heavy atom. The van der Waals surface area contributed by atoms with Crippen LogP contribution in [0.2, 0.25) is 0 Å². The molecule has 0 saturated carbocycles. The van der Waals surface area contributed by atoms with E-state index in [0.717, 1.165) is 12.8 Å². The number of unbranched alkanes of at least 4 members (excludes halogenated alkanes) is 1. The molecule has 1 aromatic heterocycles. The first-order valence-electron chi connectivity index (χ1n) is 8.29. The number of urea groups is 1. The first-order chi connectivity index (χ1) is 12.7. The van der Waals surface area contributed by atoms with Crippen molar-refractivity contribution in [1.82, 2.24) is 20.8 Å². The Morgan fingerprint density at radius 3 is 2.63 bits per heavy atom. The molecule has 3 atom stereocenters. The van der Waals surface area contributed by atoms with Crippen LogP contribution in [0.1, 0.15) is 43.9 Å². The van der Waals surface area contributed by atoms with Gasteiger partial charge >= 0.3 is 12.0 Å². The van der Waals surface area contributed by atoms with E-state index < -0.39 is 30.2 Å². The standard InChI is InChI=1S/C14H26N8O5/c1-7(23)10(12(24)25)21-14(26)19-6-9-20-11(22-27-9)8(15)4-2-3-5-18-13(16)17/h7-8,10,23H,2-6,15H2,1H3,(H,24,25)(H4,16,17,18)(H2,19,21,26)/t7?,8-,10-/m0/s1. The van der Waals surface area contributed by atoms with E-state index in [4.69, 9.17) is 26.8 Å². The fourth-order valence-electron chi connectivity index (χ4n) is 2.04. The summed E-state index contributed by atoms with van der Waals surface area (Å²) in [6, 6.07) is -2.68. The maximum atomic E-state index is 11.7. The van der Waals surface area contributed by atoms with Crippen LogP contribution in [0, 0.1) is 0 Å². The molecule has 0 saturated heterocycles. The van der Waals surface area contributed by atoms with Gasteiger partial charge in [-0.1, -0.05) is 5.16 Å². The minimum absolute atomic E-state index is 0.0433. The lowest BCUT2D eigenvalue weighted by atomic mass is 10.1. The molecule has 1 aromatic rings. The maximum Gasteiger partial charge on any atom is 0.328 e. The molecule has 0 bridgehead atoms. The zero-order chi connectivity index (χ0) is 20.4. The van der Waals surface area contributed by atoms with Crippen molar-refractivity contribution in [3.8, 4) is 0 Å². The second-order valence-corrected chi connectivity index (χ2v) is 5.84. The van der Waals surface area contributed by atoms with E-state index in [1.165, 1.54) is 6.92 Å². The van der Waals surface area contributed by atoms with Crippen molar-refractivity contribution in [2.24, 2.45) is 22.2 Å². The SMILES string of the molecule is CC(O)[C@H](NC(=O)NCc1nc([C@@H](N)CCCCN=C(N)N)no1)C(=O)O. The molecule has 152 valence electrons. The number of nitrogens with two attached hydrogens (primary N) is 3. The van der Waals surface area contributed by atoms with Crippen molar-refractivity contribution in [1.29, 1.82) is 0 Å². The number of aliphatic carboxylic acids is 1. The number of aromatic nitrogens is 2. The van der Waals surface area contributed by atoms with Crippen LogP contribution in [0.4, 0.5) is 4.79 Å². The highest BCUT2D eigenvalue weighted by Crippen LogP contribution is 2.13. The number of aliphatic hydroxyl groups excluding tert-OH is 1. The van der Waals surface area contributed by atoms with Crippen LogP contribution >= 0.6 is 0 Å². The molecule has 10 N–H and O–H groups in total. The van der Waals surface area contributed by atoms with Gasteiger partial charge in [-0.15, -0.1) is 0 Å². The van der Waals surface area contributed by atoms with Crippen LogP contribution in [0.15, 0.2) is 9.52 Å². The van der Waals surface area contributed by atoms with Gasteiger partial charge in [0, 0.05) is 6.54 Å².